The third kappa shape index (κ3) is 2.65. The molecule has 0 bridgehead atoms. The van der Waals surface area contributed by atoms with Gasteiger partial charge in [-0.3, -0.25) is 10.2 Å². The number of halogens is 1. The number of carbonyl (C=O) groups is 2. The first-order chi connectivity index (χ1) is 9.02. The Hall–Kier alpha value is -2.15. The van der Waals surface area contributed by atoms with E-state index in [4.69, 9.17) is 5.84 Å². The van der Waals surface area contributed by atoms with Gasteiger partial charge in [-0.2, -0.15) is 0 Å². The van der Waals surface area contributed by atoms with E-state index >= 15 is 0 Å². The van der Waals surface area contributed by atoms with E-state index in [1.165, 1.54) is 23.1 Å². The van der Waals surface area contributed by atoms with Crippen LogP contribution < -0.4 is 11.3 Å². The number of hydrogen-bond donors (Lipinski definition) is 2. The van der Waals surface area contributed by atoms with Crippen molar-refractivity contribution >= 4 is 11.9 Å². The van der Waals surface area contributed by atoms with E-state index < -0.39 is 11.7 Å². The van der Waals surface area contributed by atoms with Gasteiger partial charge in [0.05, 0.1) is 6.54 Å². The third-order valence-electron chi connectivity index (χ3n) is 3.10. The van der Waals surface area contributed by atoms with E-state index in [2.05, 4.69) is 0 Å². The van der Waals surface area contributed by atoms with Gasteiger partial charge in [-0.25, -0.2) is 15.0 Å². The topological polar surface area (TPSA) is 78.7 Å². The quantitative estimate of drug-likeness (QED) is 0.469. The van der Waals surface area contributed by atoms with Crippen LogP contribution in [0.15, 0.2) is 18.2 Å². The fourth-order valence-electron chi connectivity index (χ4n) is 1.98. The predicted octanol–water partition coefficient (Wildman–Crippen LogP) is 0.297. The van der Waals surface area contributed by atoms with Gasteiger partial charge in [0.25, 0.3) is 5.91 Å². The number of nitrogen functional groups attached to an aromatic ring is 1. The van der Waals surface area contributed by atoms with Crippen LogP contribution >= 0.6 is 0 Å². The molecule has 7 heteroatoms. The molecule has 1 aromatic carbocycles. The van der Waals surface area contributed by atoms with Crippen molar-refractivity contribution in [3.8, 4) is 0 Å². The Morgan fingerprint density at radius 3 is 2.79 bits per heavy atom. The minimum absolute atomic E-state index is 0.140. The number of rotatable bonds is 3. The summed E-state index contributed by atoms with van der Waals surface area (Å²) in [5.74, 6) is 4.09. The molecule has 6 nitrogen and oxygen atoms in total. The molecule has 3 amide bonds. The van der Waals surface area contributed by atoms with E-state index in [-0.39, 0.29) is 18.1 Å². The number of hydrazine groups is 1. The maximum absolute atomic E-state index is 13.7. The van der Waals surface area contributed by atoms with Crippen molar-refractivity contribution in [3.05, 3.63) is 35.1 Å². The first-order valence-corrected chi connectivity index (χ1v) is 5.82. The van der Waals surface area contributed by atoms with Crippen LogP contribution in [0.5, 0.6) is 0 Å². The summed E-state index contributed by atoms with van der Waals surface area (Å²) in [5.41, 5.74) is 2.55. The molecule has 2 rings (SSSR count). The summed E-state index contributed by atoms with van der Waals surface area (Å²) in [6, 6.07) is 3.81. The molecule has 1 aliphatic rings. The Labute approximate surface area is 109 Å². The van der Waals surface area contributed by atoms with Gasteiger partial charge in [0.1, 0.15) is 5.82 Å². The Morgan fingerprint density at radius 2 is 2.21 bits per heavy atom. The Balaban J connectivity index is 2.20. The van der Waals surface area contributed by atoms with Crippen LogP contribution in [-0.4, -0.2) is 41.9 Å². The predicted molar refractivity (Wildman–Crippen MR) is 66.5 cm³/mol. The van der Waals surface area contributed by atoms with Gasteiger partial charge < -0.3 is 9.80 Å². The van der Waals surface area contributed by atoms with Crippen molar-refractivity contribution in [3.63, 3.8) is 0 Å². The number of nitrogens with one attached hydrogen (secondary N) is 1. The summed E-state index contributed by atoms with van der Waals surface area (Å²) in [7, 11) is 1.69. The molecule has 0 aromatic heterocycles. The average molecular weight is 266 g/mol. The zero-order chi connectivity index (χ0) is 14.0. The van der Waals surface area contributed by atoms with Crippen molar-refractivity contribution in [1.82, 2.24) is 15.2 Å². The minimum Gasteiger partial charge on any atom is -0.326 e. The molecule has 1 saturated heterocycles. The lowest BCUT2D eigenvalue weighted by atomic mass is 10.1. The summed E-state index contributed by atoms with van der Waals surface area (Å²) in [6.45, 7) is 1.30. The molecule has 0 atom stereocenters. The van der Waals surface area contributed by atoms with E-state index in [9.17, 15) is 14.0 Å². The largest absolute Gasteiger partial charge is 0.326 e. The highest BCUT2D eigenvalue weighted by Crippen LogP contribution is 2.16. The first-order valence-electron chi connectivity index (χ1n) is 5.82. The SMILES string of the molecule is CN1CCN(Cc2cc(C(=O)NN)ccc2F)C1=O. The van der Waals surface area contributed by atoms with Gasteiger partial charge in [-0.1, -0.05) is 0 Å². The summed E-state index contributed by atoms with van der Waals surface area (Å²) < 4.78 is 13.7. The summed E-state index contributed by atoms with van der Waals surface area (Å²) >= 11 is 0. The van der Waals surface area contributed by atoms with Gasteiger partial charge in [0.15, 0.2) is 0 Å². The van der Waals surface area contributed by atoms with Crippen LogP contribution in [0, 0.1) is 5.82 Å². The highest BCUT2D eigenvalue weighted by atomic mass is 19.1. The van der Waals surface area contributed by atoms with Crippen molar-refractivity contribution in [2.75, 3.05) is 20.1 Å². The molecule has 1 aromatic rings. The molecule has 19 heavy (non-hydrogen) atoms. The molecule has 1 aliphatic heterocycles. The molecular formula is C12H15FN4O2. The minimum atomic E-state index is -0.494. The molecule has 102 valence electrons. The third-order valence-corrected chi connectivity index (χ3v) is 3.10. The molecule has 0 unspecified atom stereocenters. The van der Waals surface area contributed by atoms with Crippen LogP contribution in [0.4, 0.5) is 9.18 Å². The molecule has 0 radical (unpaired) electrons. The highest BCUT2D eigenvalue weighted by Gasteiger charge is 2.26. The normalized spacial score (nSPS) is 15.0. The van der Waals surface area contributed by atoms with Gasteiger partial charge in [0, 0.05) is 31.3 Å². The molecular weight excluding hydrogens is 251 g/mol. The van der Waals surface area contributed by atoms with Crippen LogP contribution in [0.25, 0.3) is 0 Å². The second kappa shape index (κ2) is 5.23. The van der Waals surface area contributed by atoms with Crippen molar-refractivity contribution in [1.29, 1.82) is 0 Å². The van der Waals surface area contributed by atoms with Crippen LogP contribution in [0.3, 0.4) is 0 Å². The number of amides is 3. The average Bonchev–Trinajstić information content (AvgIpc) is 2.72. The van der Waals surface area contributed by atoms with E-state index in [1.54, 1.807) is 11.9 Å². The second-order valence-electron chi connectivity index (χ2n) is 4.41. The van der Waals surface area contributed by atoms with Crippen LogP contribution in [0.1, 0.15) is 15.9 Å². The van der Waals surface area contributed by atoms with E-state index in [0.717, 1.165) is 0 Å². The standard InChI is InChI=1S/C12H15FN4O2/c1-16-4-5-17(12(16)19)7-9-6-8(11(18)15-14)2-3-10(9)13/h2-3,6H,4-5,7,14H2,1H3,(H,15,18). The number of likely N-dealkylation sites (N-methyl/N-ethyl adjacent to an activating group) is 1. The summed E-state index contributed by atoms with van der Waals surface area (Å²) in [5, 5.41) is 0. The smallest absolute Gasteiger partial charge is 0.320 e. The number of nitrogens with two attached hydrogens (primary N) is 1. The first kappa shape index (κ1) is 13.3. The number of carbonyl (C=O) groups excluding carboxylic acids is 2. The van der Waals surface area contributed by atoms with Gasteiger partial charge >= 0.3 is 6.03 Å². The number of hydrogen-bond acceptors (Lipinski definition) is 3. The molecule has 1 fully saturated rings. The molecule has 1 heterocycles. The zero-order valence-electron chi connectivity index (χ0n) is 10.5. The molecule has 3 N–H and O–H groups in total. The van der Waals surface area contributed by atoms with E-state index in [0.29, 0.717) is 18.7 Å². The lowest BCUT2D eigenvalue weighted by Crippen LogP contribution is -2.31. The van der Waals surface area contributed by atoms with Gasteiger partial charge in [0.2, 0.25) is 0 Å². The Morgan fingerprint density at radius 1 is 1.47 bits per heavy atom. The number of nitrogens with zero attached hydrogens (tertiary/aromatic N) is 2. The monoisotopic (exact) mass is 266 g/mol. The fraction of sp³-hybridized carbons (Fsp3) is 0.333. The van der Waals surface area contributed by atoms with Crippen molar-refractivity contribution in [2.24, 2.45) is 5.84 Å². The van der Waals surface area contributed by atoms with Gasteiger partial charge in [-0.05, 0) is 18.2 Å². The maximum atomic E-state index is 13.7. The van der Waals surface area contributed by atoms with Crippen LogP contribution in [-0.2, 0) is 6.54 Å². The van der Waals surface area contributed by atoms with Crippen molar-refractivity contribution < 1.29 is 14.0 Å². The zero-order valence-corrected chi connectivity index (χ0v) is 10.5. The summed E-state index contributed by atoms with van der Waals surface area (Å²) in [4.78, 5) is 26.2. The number of benzene rings is 1. The van der Waals surface area contributed by atoms with Crippen molar-refractivity contribution in [2.45, 2.75) is 6.54 Å². The van der Waals surface area contributed by atoms with Gasteiger partial charge in [-0.15, -0.1) is 0 Å². The fourth-order valence-corrected chi connectivity index (χ4v) is 1.98. The summed E-state index contributed by atoms with van der Waals surface area (Å²) in [6.07, 6.45) is 0. The Bertz CT molecular complexity index is 520. The van der Waals surface area contributed by atoms with E-state index in [1.807, 2.05) is 5.43 Å². The lowest BCUT2D eigenvalue weighted by molar-refractivity contribution is 0.0953. The lowest BCUT2D eigenvalue weighted by Gasteiger charge is -2.16. The molecule has 0 spiro atoms. The molecule has 0 aliphatic carbocycles. The Kier molecular flexibility index (Phi) is 3.66. The van der Waals surface area contributed by atoms with Crippen LogP contribution in [0.2, 0.25) is 0 Å². The second-order valence-corrected chi connectivity index (χ2v) is 4.41. The molecule has 0 saturated carbocycles. The number of urea groups is 1. The maximum Gasteiger partial charge on any atom is 0.320 e. The highest BCUT2D eigenvalue weighted by molar-refractivity contribution is 5.93.